The van der Waals surface area contributed by atoms with E-state index < -0.39 is 18.2 Å². The molecule has 1 amide bonds. The van der Waals surface area contributed by atoms with Crippen LogP contribution >= 0.6 is 0 Å². The number of aliphatic hydroxyl groups excluding tert-OH is 2. The van der Waals surface area contributed by atoms with Gasteiger partial charge in [0.1, 0.15) is 6.10 Å². The second kappa shape index (κ2) is 43.2. The molecule has 0 heterocycles. The number of hydrogen-bond acceptors (Lipinski definition) is 5. The van der Waals surface area contributed by atoms with E-state index in [1.165, 1.54) is 116 Å². The van der Waals surface area contributed by atoms with Crippen molar-refractivity contribution >= 4 is 11.9 Å². The Balaban J connectivity index is 4.39. The zero-order chi connectivity index (χ0) is 40.3. The van der Waals surface area contributed by atoms with Crippen molar-refractivity contribution in [1.82, 2.24) is 5.32 Å². The number of hydrogen-bond donors (Lipinski definition) is 3. The van der Waals surface area contributed by atoms with Crippen molar-refractivity contribution in [2.24, 2.45) is 0 Å². The summed E-state index contributed by atoms with van der Waals surface area (Å²) in [6.45, 7) is 6.32. The van der Waals surface area contributed by atoms with Gasteiger partial charge in [-0.1, -0.05) is 218 Å². The number of nitrogens with one attached hydrogen (secondary N) is 1. The maximum Gasteiger partial charge on any atom is 0.306 e. The van der Waals surface area contributed by atoms with Crippen LogP contribution in [0.5, 0.6) is 0 Å². The Bertz CT molecular complexity index is 915. The number of esters is 1. The van der Waals surface area contributed by atoms with Crippen LogP contribution in [0.25, 0.3) is 0 Å². The summed E-state index contributed by atoms with van der Waals surface area (Å²) < 4.78 is 5.87. The van der Waals surface area contributed by atoms with Crippen LogP contribution < -0.4 is 5.32 Å². The largest absolute Gasteiger partial charge is 0.462 e. The third kappa shape index (κ3) is 38.7. The minimum Gasteiger partial charge on any atom is -0.462 e. The molecule has 3 N–H and O–H groups in total. The van der Waals surface area contributed by atoms with Crippen molar-refractivity contribution in [2.45, 2.75) is 257 Å². The Morgan fingerprint density at radius 2 is 0.982 bits per heavy atom. The molecule has 0 rings (SSSR count). The molecule has 0 aliphatic rings. The fraction of sp³-hybridized carbons (Fsp3) is 0.837. The molecule has 0 saturated heterocycles. The highest BCUT2D eigenvalue weighted by molar-refractivity contribution is 5.77. The van der Waals surface area contributed by atoms with Gasteiger partial charge in [-0.25, -0.2) is 0 Å². The lowest BCUT2D eigenvalue weighted by Gasteiger charge is -2.24. The number of allylic oxidation sites excluding steroid dienone is 6. The molecule has 0 aliphatic heterocycles. The molecule has 0 bridgehead atoms. The summed E-state index contributed by atoms with van der Waals surface area (Å²) in [7, 11) is 0. The monoisotopic (exact) mass is 774 g/mol. The number of ether oxygens (including phenoxy) is 1. The van der Waals surface area contributed by atoms with Crippen LogP contribution in [0.2, 0.25) is 0 Å². The van der Waals surface area contributed by atoms with Crippen LogP contribution in [0.3, 0.4) is 0 Å². The molecule has 0 spiro atoms. The van der Waals surface area contributed by atoms with Crippen LogP contribution in [0.4, 0.5) is 0 Å². The van der Waals surface area contributed by atoms with Crippen molar-refractivity contribution in [3.8, 4) is 0 Å². The summed E-state index contributed by atoms with van der Waals surface area (Å²) in [6, 6.07) is -0.700. The van der Waals surface area contributed by atoms with Gasteiger partial charge < -0.3 is 20.3 Å². The Labute approximate surface area is 341 Å². The summed E-state index contributed by atoms with van der Waals surface area (Å²) >= 11 is 0. The highest BCUT2D eigenvalue weighted by Gasteiger charge is 2.24. The van der Waals surface area contributed by atoms with Gasteiger partial charge in [-0.3, -0.25) is 9.59 Å². The summed E-state index contributed by atoms with van der Waals surface area (Å²) in [5.74, 6) is -0.498. The van der Waals surface area contributed by atoms with E-state index >= 15 is 0 Å². The molecule has 0 radical (unpaired) electrons. The van der Waals surface area contributed by atoms with E-state index in [4.69, 9.17) is 4.74 Å². The van der Waals surface area contributed by atoms with E-state index in [2.05, 4.69) is 62.5 Å². The standard InChI is InChI=1S/C49H91NO5/c1-4-7-10-13-16-18-20-22-23-24-26-27-29-32-35-38-41-47(52)46(44-51)50-48(53)43-45(40-37-34-31-15-12-9-6-3)55-49(54)42-39-36-33-30-28-25-21-19-17-14-11-8-5-2/h8,11,14,17,19,21,45-47,51-52H,4-7,9-10,12-13,15-16,18,20,22-44H2,1-3H3,(H,50,53)/b11-8+,17-14+,21-19-. The Morgan fingerprint density at radius 1 is 0.545 bits per heavy atom. The Kier molecular flexibility index (Phi) is 41.7. The van der Waals surface area contributed by atoms with E-state index in [0.717, 1.165) is 77.0 Å². The van der Waals surface area contributed by atoms with E-state index in [-0.39, 0.29) is 24.9 Å². The highest BCUT2D eigenvalue weighted by atomic mass is 16.5. The predicted octanol–water partition coefficient (Wildman–Crippen LogP) is 13.7. The molecule has 0 saturated carbocycles. The maximum absolute atomic E-state index is 13.1. The van der Waals surface area contributed by atoms with Gasteiger partial charge in [0.05, 0.1) is 25.2 Å². The maximum atomic E-state index is 13.1. The topological polar surface area (TPSA) is 95.9 Å². The fourth-order valence-corrected chi connectivity index (χ4v) is 7.19. The molecule has 6 heteroatoms. The van der Waals surface area contributed by atoms with Crippen LogP contribution in [0.1, 0.15) is 239 Å². The van der Waals surface area contributed by atoms with Crippen LogP contribution in [-0.2, 0) is 14.3 Å². The lowest BCUT2D eigenvalue weighted by molar-refractivity contribution is -0.151. The van der Waals surface area contributed by atoms with Gasteiger partial charge in [0.2, 0.25) is 5.91 Å². The number of rotatable bonds is 42. The zero-order valence-electron chi connectivity index (χ0n) is 36.6. The van der Waals surface area contributed by atoms with E-state index in [1.807, 2.05) is 0 Å². The second-order valence-corrected chi connectivity index (χ2v) is 16.2. The third-order valence-electron chi connectivity index (χ3n) is 10.8. The average Bonchev–Trinajstić information content (AvgIpc) is 3.18. The average molecular weight is 774 g/mol. The number of amides is 1. The molecule has 55 heavy (non-hydrogen) atoms. The van der Waals surface area contributed by atoms with Crippen LogP contribution in [0.15, 0.2) is 36.5 Å². The second-order valence-electron chi connectivity index (χ2n) is 16.2. The zero-order valence-corrected chi connectivity index (χ0v) is 36.6. The van der Waals surface area contributed by atoms with Crippen LogP contribution in [-0.4, -0.2) is 46.9 Å². The summed E-state index contributed by atoms with van der Waals surface area (Å²) in [4.78, 5) is 25.9. The molecule has 0 aromatic heterocycles. The van der Waals surface area contributed by atoms with E-state index in [9.17, 15) is 19.8 Å². The quantitative estimate of drug-likeness (QED) is 0.0326. The Hall–Kier alpha value is -1.92. The number of carbonyl (C=O) groups excluding carboxylic acids is 2. The first-order valence-electron chi connectivity index (χ1n) is 23.7. The van der Waals surface area contributed by atoms with Gasteiger partial charge in [0.25, 0.3) is 0 Å². The predicted molar refractivity (Wildman–Crippen MR) is 236 cm³/mol. The molecular weight excluding hydrogens is 683 g/mol. The fourth-order valence-electron chi connectivity index (χ4n) is 7.19. The van der Waals surface area contributed by atoms with Crippen molar-refractivity contribution in [2.75, 3.05) is 6.61 Å². The van der Waals surface area contributed by atoms with Crippen LogP contribution in [0, 0.1) is 0 Å². The first kappa shape index (κ1) is 53.1. The first-order valence-corrected chi connectivity index (χ1v) is 23.7. The molecular formula is C49H91NO5. The first-order chi connectivity index (χ1) is 27.0. The number of aliphatic hydroxyl groups is 2. The molecule has 3 atom stereocenters. The molecule has 0 aliphatic carbocycles. The minimum atomic E-state index is -0.787. The SMILES string of the molecule is CC/C=C/C=C/C=C\CCCCCCCC(=O)OC(CCCCCCCCC)CC(=O)NC(CO)C(O)CCCCCCCCCCCCCCCCCC. The minimum absolute atomic E-state index is 0.0709. The van der Waals surface area contributed by atoms with E-state index in [1.54, 1.807) is 0 Å². The smallest absolute Gasteiger partial charge is 0.306 e. The van der Waals surface area contributed by atoms with Gasteiger partial charge in [0, 0.05) is 6.42 Å². The molecule has 0 fully saturated rings. The van der Waals surface area contributed by atoms with Gasteiger partial charge in [-0.15, -0.1) is 0 Å². The summed E-state index contributed by atoms with van der Waals surface area (Å²) in [5, 5.41) is 23.7. The van der Waals surface area contributed by atoms with E-state index in [0.29, 0.717) is 19.3 Å². The Morgan fingerprint density at radius 3 is 1.47 bits per heavy atom. The summed E-state index contributed by atoms with van der Waals surface area (Å²) in [5.41, 5.74) is 0. The van der Waals surface area contributed by atoms with Crippen molar-refractivity contribution < 1.29 is 24.5 Å². The van der Waals surface area contributed by atoms with Gasteiger partial charge in [-0.2, -0.15) is 0 Å². The van der Waals surface area contributed by atoms with Gasteiger partial charge in [-0.05, 0) is 44.9 Å². The molecule has 0 aromatic carbocycles. The van der Waals surface area contributed by atoms with Crippen molar-refractivity contribution in [1.29, 1.82) is 0 Å². The molecule has 0 aromatic rings. The highest BCUT2D eigenvalue weighted by Crippen LogP contribution is 2.18. The summed E-state index contributed by atoms with van der Waals surface area (Å²) in [6.07, 6.45) is 49.3. The number of unbranched alkanes of at least 4 members (excludes halogenated alkanes) is 26. The lowest BCUT2D eigenvalue weighted by Crippen LogP contribution is -2.46. The molecule has 3 unspecified atom stereocenters. The van der Waals surface area contributed by atoms with Crippen molar-refractivity contribution in [3.63, 3.8) is 0 Å². The van der Waals surface area contributed by atoms with Gasteiger partial charge in [0.15, 0.2) is 0 Å². The normalized spacial score (nSPS) is 13.6. The third-order valence-corrected chi connectivity index (χ3v) is 10.8. The van der Waals surface area contributed by atoms with Gasteiger partial charge >= 0.3 is 5.97 Å². The molecule has 6 nitrogen and oxygen atoms in total. The molecule has 322 valence electrons. The lowest BCUT2D eigenvalue weighted by atomic mass is 10.0. The van der Waals surface area contributed by atoms with Crippen molar-refractivity contribution in [3.05, 3.63) is 36.5 Å². The number of carbonyl (C=O) groups is 2.